The van der Waals surface area contributed by atoms with Crippen molar-refractivity contribution in [3.8, 4) is 0 Å². The minimum absolute atomic E-state index is 0.0156. The van der Waals surface area contributed by atoms with Crippen LogP contribution in [0.5, 0.6) is 0 Å². The van der Waals surface area contributed by atoms with E-state index in [-0.39, 0.29) is 31.4 Å². The summed E-state index contributed by atoms with van der Waals surface area (Å²) in [6.07, 6.45) is 2.96. The number of nitrogens with zero attached hydrogens (tertiary/aromatic N) is 2. The predicted octanol–water partition coefficient (Wildman–Crippen LogP) is 0.643. The summed E-state index contributed by atoms with van der Waals surface area (Å²) in [5.41, 5.74) is 1.46. The van der Waals surface area contributed by atoms with Gasteiger partial charge in [0.2, 0.25) is 5.91 Å². The van der Waals surface area contributed by atoms with Crippen molar-refractivity contribution in [1.29, 1.82) is 0 Å². The highest BCUT2D eigenvalue weighted by Gasteiger charge is 2.27. The van der Waals surface area contributed by atoms with Crippen LogP contribution in [-0.2, 0) is 25.8 Å². The second-order valence-electron chi connectivity index (χ2n) is 4.30. The van der Waals surface area contributed by atoms with Crippen LogP contribution in [0.25, 0.3) is 0 Å². The molecule has 0 saturated carbocycles. The Morgan fingerprint density at radius 3 is 2.95 bits per heavy atom. The molecule has 1 aliphatic rings. The predicted molar refractivity (Wildman–Crippen MR) is 71.0 cm³/mol. The fraction of sp³-hybridized carbons (Fsp3) is 0.455. The highest BCUT2D eigenvalue weighted by molar-refractivity contribution is 7.90. The zero-order valence-corrected chi connectivity index (χ0v) is 11.9. The van der Waals surface area contributed by atoms with Crippen LogP contribution in [0.2, 0.25) is 5.15 Å². The summed E-state index contributed by atoms with van der Waals surface area (Å²) in [5.74, 6) is -0.183. The molecule has 0 N–H and O–H groups in total. The average molecular weight is 305 g/mol. The summed E-state index contributed by atoms with van der Waals surface area (Å²) >= 11 is 5.79. The molecular weight excluding hydrogens is 292 g/mol. The van der Waals surface area contributed by atoms with E-state index in [1.54, 1.807) is 12.3 Å². The first-order chi connectivity index (χ1) is 8.87. The van der Waals surface area contributed by atoms with Gasteiger partial charge in [0.1, 0.15) is 21.7 Å². The number of pyridine rings is 1. The van der Waals surface area contributed by atoms with Crippen molar-refractivity contribution in [3.05, 3.63) is 23.0 Å². The Balaban J connectivity index is 1.98. The van der Waals surface area contributed by atoms with E-state index >= 15 is 0 Å². The Morgan fingerprint density at radius 2 is 2.26 bits per heavy atom. The number of hydrogen-bond acceptors (Lipinski definition) is 5. The number of carbonyl (C=O) groups is 1. The summed E-state index contributed by atoms with van der Waals surface area (Å²) in [4.78, 5) is 17.1. The number of carbonyl (C=O) groups excluding carboxylic acids is 1. The standard InChI is InChI=1S/C11H13ClN2O4S/c1-19(16,17)3-2-18-7-14-9-5-10(12)13-6-8(9)4-11(14)15/h5-6H,2-4,7H2,1H3. The SMILES string of the molecule is CS(=O)(=O)CCOCN1C(=O)Cc2cnc(Cl)cc21. The summed E-state index contributed by atoms with van der Waals surface area (Å²) in [6, 6.07) is 1.60. The molecule has 2 heterocycles. The maximum Gasteiger partial charge on any atom is 0.233 e. The molecule has 0 unspecified atom stereocenters. The number of halogens is 1. The lowest BCUT2D eigenvalue weighted by Crippen LogP contribution is -2.30. The van der Waals surface area contributed by atoms with Crippen molar-refractivity contribution in [2.75, 3.05) is 30.2 Å². The van der Waals surface area contributed by atoms with Crippen LogP contribution >= 0.6 is 11.6 Å². The summed E-state index contributed by atoms with van der Waals surface area (Å²) < 4.78 is 27.1. The van der Waals surface area contributed by atoms with Gasteiger partial charge >= 0.3 is 0 Å². The Hall–Kier alpha value is -1.18. The van der Waals surface area contributed by atoms with E-state index in [1.165, 1.54) is 4.90 Å². The van der Waals surface area contributed by atoms with Crippen LogP contribution < -0.4 is 4.90 Å². The average Bonchev–Trinajstić information content (AvgIpc) is 2.59. The molecule has 19 heavy (non-hydrogen) atoms. The third-order valence-electron chi connectivity index (χ3n) is 2.68. The van der Waals surface area contributed by atoms with Crippen molar-refractivity contribution in [2.24, 2.45) is 0 Å². The van der Waals surface area contributed by atoms with Crippen molar-refractivity contribution in [1.82, 2.24) is 4.98 Å². The molecule has 1 aromatic heterocycles. The van der Waals surface area contributed by atoms with Gasteiger partial charge in [-0.1, -0.05) is 11.6 Å². The van der Waals surface area contributed by atoms with Crippen LogP contribution in [0.3, 0.4) is 0 Å². The van der Waals surface area contributed by atoms with Crippen LogP contribution in [0.4, 0.5) is 5.69 Å². The van der Waals surface area contributed by atoms with Crippen LogP contribution in [0.15, 0.2) is 12.3 Å². The Morgan fingerprint density at radius 1 is 1.53 bits per heavy atom. The van der Waals surface area contributed by atoms with Crippen molar-refractivity contribution in [3.63, 3.8) is 0 Å². The molecule has 0 aliphatic carbocycles. The maximum absolute atomic E-state index is 11.8. The van der Waals surface area contributed by atoms with Crippen molar-refractivity contribution in [2.45, 2.75) is 6.42 Å². The van der Waals surface area contributed by atoms with E-state index in [0.717, 1.165) is 11.8 Å². The quantitative estimate of drug-likeness (QED) is 0.589. The van der Waals surface area contributed by atoms with E-state index in [2.05, 4.69) is 4.98 Å². The van der Waals surface area contributed by atoms with Gasteiger partial charge in [0.25, 0.3) is 0 Å². The molecule has 0 radical (unpaired) electrons. The first-order valence-corrected chi connectivity index (χ1v) is 8.01. The maximum atomic E-state index is 11.8. The molecule has 0 atom stereocenters. The molecule has 0 bridgehead atoms. The summed E-state index contributed by atoms with van der Waals surface area (Å²) in [7, 11) is -3.06. The summed E-state index contributed by atoms with van der Waals surface area (Å²) in [6.45, 7) is 0.0679. The van der Waals surface area contributed by atoms with Gasteiger partial charge in [0.15, 0.2) is 0 Å². The molecule has 0 spiro atoms. The number of hydrogen-bond donors (Lipinski definition) is 0. The molecule has 6 nitrogen and oxygen atoms in total. The molecular formula is C11H13ClN2O4S. The Labute approximate surface area is 116 Å². The monoisotopic (exact) mass is 304 g/mol. The zero-order valence-electron chi connectivity index (χ0n) is 10.3. The number of fused-ring (bicyclic) bond motifs is 1. The van der Waals surface area contributed by atoms with Crippen molar-refractivity contribution < 1.29 is 17.9 Å². The highest BCUT2D eigenvalue weighted by Crippen LogP contribution is 2.29. The zero-order chi connectivity index (χ0) is 14.0. The van der Waals surface area contributed by atoms with Crippen LogP contribution in [0, 0.1) is 0 Å². The first kappa shape index (κ1) is 14.2. The second kappa shape index (κ2) is 5.44. The Kier molecular flexibility index (Phi) is 4.07. The lowest BCUT2D eigenvalue weighted by molar-refractivity contribution is -0.118. The van der Waals surface area contributed by atoms with E-state index in [1.807, 2.05) is 0 Å². The van der Waals surface area contributed by atoms with Crippen LogP contribution in [0.1, 0.15) is 5.56 Å². The fourth-order valence-electron chi connectivity index (χ4n) is 1.74. The van der Waals surface area contributed by atoms with Gasteiger partial charge in [-0.15, -0.1) is 0 Å². The minimum atomic E-state index is -3.06. The van der Waals surface area contributed by atoms with Gasteiger partial charge in [0, 0.05) is 18.0 Å². The minimum Gasteiger partial charge on any atom is -0.360 e. The van der Waals surface area contributed by atoms with E-state index in [0.29, 0.717) is 10.8 Å². The molecule has 1 amide bonds. The Bertz CT molecular complexity index is 603. The summed E-state index contributed by atoms with van der Waals surface area (Å²) in [5, 5.41) is 0.301. The number of sulfone groups is 1. The van der Waals surface area contributed by atoms with Gasteiger partial charge in [-0.05, 0) is 6.07 Å². The largest absolute Gasteiger partial charge is 0.360 e. The molecule has 104 valence electrons. The number of rotatable bonds is 5. The number of amides is 1. The fourth-order valence-corrected chi connectivity index (χ4v) is 2.31. The van der Waals surface area contributed by atoms with Crippen molar-refractivity contribution >= 4 is 33.0 Å². The van der Waals surface area contributed by atoms with E-state index in [4.69, 9.17) is 16.3 Å². The van der Waals surface area contributed by atoms with Gasteiger partial charge in [-0.25, -0.2) is 13.4 Å². The first-order valence-electron chi connectivity index (χ1n) is 5.57. The molecule has 0 aromatic carbocycles. The lowest BCUT2D eigenvalue weighted by Gasteiger charge is -2.17. The number of ether oxygens (including phenoxy) is 1. The normalized spacial score (nSPS) is 14.8. The number of anilines is 1. The smallest absolute Gasteiger partial charge is 0.233 e. The topological polar surface area (TPSA) is 76.6 Å². The highest BCUT2D eigenvalue weighted by atomic mass is 35.5. The van der Waals surface area contributed by atoms with Gasteiger partial charge < -0.3 is 4.74 Å². The van der Waals surface area contributed by atoms with Gasteiger partial charge in [-0.3, -0.25) is 9.69 Å². The lowest BCUT2D eigenvalue weighted by atomic mass is 10.2. The molecule has 2 rings (SSSR count). The third-order valence-corrected chi connectivity index (χ3v) is 3.80. The molecule has 0 fully saturated rings. The van der Waals surface area contributed by atoms with E-state index < -0.39 is 9.84 Å². The molecule has 0 saturated heterocycles. The van der Waals surface area contributed by atoms with Crippen LogP contribution in [-0.4, -0.2) is 44.7 Å². The second-order valence-corrected chi connectivity index (χ2v) is 6.95. The third kappa shape index (κ3) is 3.65. The molecule has 1 aromatic rings. The van der Waals surface area contributed by atoms with Gasteiger partial charge in [-0.2, -0.15) is 0 Å². The number of aromatic nitrogens is 1. The van der Waals surface area contributed by atoms with E-state index in [9.17, 15) is 13.2 Å². The molecule has 1 aliphatic heterocycles. The van der Waals surface area contributed by atoms with Gasteiger partial charge in [0.05, 0.1) is 24.5 Å². The molecule has 8 heteroatoms.